The van der Waals surface area contributed by atoms with E-state index in [-0.39, 0.29) is 23.8 Å². The molecule has 0 saturated heterocycles. The molecule has 0 radical (unpaired) electrons. The fourth-order valence-electron chi connectivity index (χ4n) is 3.79. The Kier molecular flexibility index (Phi) is 7.09. The van der Waals surface area contributed by atoms with Crippen molar-refractivity contribution in [2.75, 3.05) is 20.2 Å². The van der Waals surface area contributed by atoms with Gasteiger partial charge in [0.1, 0.15) is 5.75 Å². The Labute approximate surface area is 170 Å². The average Bonchev–Trinajstić information content (AvgIpc) is 3.42. The zero-order valence-corrected chi connectivity index (χ0v) is 17.1. The molecular formula is C22H28N2O3S. The first-order valence-corrected chi connectivity index (χ1v) is 10.7. The molecule has 2 amide bonds. The minimum Gasteiger partial charge on any atom is -0.497 e. The zero-order chi connectivity index (χ0) is 19.8. The lowest BCUT2D eigenvalue weighted by Gasteiger charge is -2.28. The standard InChI is InChI=1S/C22H28N2O3S/c1-27-18-9-6-17(7-10-18)8-11-20(25)23-15-21(26)24-16-22(12-2-3-13-22)19-5-4-14-28-19/h4-7,9-10,14H,2-3,8,11-13,15-16H2,1H3,(H,23,25)(H,24,26). The highest BCUT2D eigenvalue weighted by Crippen LogP contribution is 2.42. The van der Waals surface area contributed by atoms with Crippen LogP contribution >= 0.6 is 11.3 Å². The summed E-state index contributed by atoms with van der Waals surface area (Å²) in [6, 6.07) is 11.9. The van der Waals surface area contributed by atoms with Crippen molar-refractivity contribution < 1.29 is 14.3 Å². The van der Waals surface area contributed by atoms with Crippen LogP contribution in [0.15, 0.2) is 41.8 Å². The molecule has 1 aliphatic carbocycles. The Morgan fingerprint density at radius 2 is 1.82 bits per heavy atom. The molecule has 5 nitrogen and oxygen atoms in total. The van der Waals surface area contributed by atoms with Gasteiger partial charge in [-0.25, -0.2) is 0 Å². The normalized spacial score (nSPS) is 15.2. The van der Waals surface area contributed by atoms with Crippen molar-refractivity contribution in [3.05, 3.63) is 52.2 Å². The van der Waals surface area contributed by atoms with Crippen LogP contribution in [0.5, 0.6) is 5.75 Å². The van der Waals surface area contributed by atoms with Gasteiger partial charge < -0.3 is 15.4 Å². The highest BCUT2D eigenvalue weighted by molar-refractivity contribution is 7.10. The summed E-state index contributed by atoms with van der Waals surface area (Å²) in [6.45, 7) is 0.677. The third-order valence-electron chi connectivity index (χ3n) is 5.47. The second kappa shape index (κ2) is 9.73. The van der Waals surface area contributed by atoms with E-state index in [1.54, 1.807) is 18.4 Å². The maximum atomic E-state index is 12.2. The van der Waals surface area contributed by atoms with Crippen LogP contribution in [0.2, 0.25) is 0 Å². The molecule has 1 saturated carbocycles. The van der Waals surface area contributed by atoms with Gasteiger partial charge in [0.05, 0.1) is 13.7 Å². The number of hydrogen-bond donors (Lipinski definition) is 2. The zero-order valence-electron chi connectivity index (χ0n) is 16.3. The lowest BCUT2D eigenvalue weighted by atomic mass is 9.84. The molecule has 0 aliphatic heterocycles. The third-order valence-corrected chi connectivity index (χ3v) is 6.59. The maximum absolute atomic E-state index is 12.2. The van der Waals surface area contributed by atoms with Crippen molar-refractivity contribution >= 4 is 23.2 Å². The summed E-state index contributed by atoms with van der Waals surface area (Å²) in [7, 11) is 1.63. The molecule has 6 heteroatoms. The highest BCUT2D eigenvalue weighted by atomic mass is 32.1. The number of amides is 2. The van der Waals surface area contributed by atoms with E-state index >= 15 is 0 Å². The van der Waals surface area contributed by atoms with E-state index in [2.05, 4.69) is 28.1 Å². The van der Waals surface area contributed by atoms with Crippen molar-refractivity contribution in [1.82, 2.24) is 10.6 Å². The summed E-state index contributed by atoms with van der Waals surface area (Å²) in [6.07, 6.45) is 5.63. The summed E-state index contributed by atoms with van der Waals surface area (Å²) in [4.78, 5) is 25.6. The predicted molar refractivity (Wildman–Crippen MR) is 112 cm³/mol. The average molecular weight is 401 g/mol. The largest absolute Gasteiger partial charge is 0.497 e. The van der Waals surface area contributed by atoms with Crippen LogP contribution in [0.1, 0.15) is 42.5 Å². The molecule has 1 heterocycles. The van der Waals surface area contributed by atoms with Gasteiger partial charge in [0.25, 0.3) is 0 Å². The van der Waals surface area contributed by atoms with Crippen LogP contribution in [0.3, 0.4) is 0 Å². The molecule has 1 aromatic heterocycles. The fourth-order valence-corrected chi connectivity index (χ4v) is 4.78. The number of methoxy groups -OCH3 is 1. The van der Waals surface area contributed by atoms with Gasteiger partial charge in [0.2, 0.25) is 11.8 Å². The minimum atomic E-state index is -0.124. The topological polar surface area (TPSA) is 67.4 Å². The predicted octanol–water partition coefficient (Wildman–Crippen LogP) is 3.43. The molecule has 2 N–H and O–H groups in total. The molecule has 0 unspecified atom stereocenters. The van der Waals surface area contributed by atoms with Crippen molar-refractivity contribution in [3.63, 3.8) is 0 Å². The smallest absolute Gasteiger partial charge is 0.239 e. The van der Waals surface area contributed by atoms with E-state index in [0.717, 1.165) is 24.2 Å². The van der Waals surface area contributed by atoms with Crippen LogP contribution in [0.25, 0.3) is 0 Å². The Morgan fingerprint density at radius 1 is 1.07 bits per heavy atom. The van der Waals surface area contributed by atoms with Crippen LogP contribution < -0.4 is 15.4 Å². The molecule has 0 spiro atoms. The van der Waals surface area contributed by atoms with Crippen molar-refractivity contribution in [3.8, 4) is 5.75 Å². The number of aryl methyl sites for hydroxylation is 1. The van der Waals surface area contributed by atoms with Gasteiger partial charge in [0.15, 0.2) is 0 Å². The van der Waals surface area contributed by atoms with E-state index < -0.39 is 0 Å². The SMILES string of the molecule is COc1ccc(CCC(=O)NCC(=O)NCC2(c3cccs3)CCCC2)cc1. The number of ether oxygens (including phenoxy) is 1. The molecule has 1 aliphatic rings. The number of rotatable bonds is 9. The highest BCUT2D eigenvalue weighted by Gasteiger charge is 2.36. The molecule has 3 rings (SSSR count). The third kappa shape index (κ3) is 5.35. The Balaban J connectivity index is 1.39. The monoisotopic (exact) mass is 400 g/mol. The lowest BCUT2D eigenvalue weighted by Crippen LogP contribution is -2.43. The molecule has 28 heavy (non-hydrogen) atoms. The Morgan fingerprint density at radius 3 is 2.46 bits per heavy atom. The molecule has 2 aromatic rings. The minimum absolute atomic E-state index is 0.0297. The van der Waals surface area contributed by atoms with E-state index in [4.69, 9.17) is 4.74 Å². The number of carbonyl (C=O) groups excluding carboxylic acids is 2. The van der Waals surface area contributed by atoms with Gasteiger partial charge in [-0.3, -0.25) is 9.59 Å². The van der Waals surface area contributed by atoms with Crippen molar-refractivity contribution in [2.45, 2.75) is 43.9 Å². The Hall–Kier alpha value is -2.34. The van der Waals surface area contributed by atoms with Gasteiger partial charge in [-0.15, -0.1) is 11.3 Å². The van der Waals surface area contributed by atoms with Crippen LogP contribution in [0, 0.1) is 0 Å². The molecule has 1 fully saturated rings. The first kappa shape index (κ1) is 20.4. The van der Waals surface area contributed by atoms with Gasteiger partial charge in [-0.05, 0) is 48.4 Å². The van der Waals surface area contributed by atoms with Gasteiger partial charge in [-0.1, -0.05) is 31.0 Å². The second-order valence-corrected chi connectivity index (χ2v) is 8.31. The van der Waals surface area contributed by atoms with Crippen LogP contribution in [0.4, 0.5) is 0 Å². The van der Waals surface area contributed by atoms with Gasteiger partial charge in [0, 0.05) is 23.3 Å². The molecule has 0 atom stereocenters. The number of carbonyl (C=O) groups is 2. The van der Waals surface area contributed by atoms with Crippen molar-refractivity contribution in [2.24, 2.45) is 0 Å². The summed E-state index contributed by atoms with van der Waals surface area (Å²) in [5.41, 5.74) is 1.14. The van der Waals surface area contributed by atoms with E-state index in [9.17, 15) is 9.59 Å². The van der Waals surface area contributed by atoms with Gasteiger partial charge in [-0.2, -0.15) is 0 Å². The first-order chi connectivity index (χ1) is 13.6. The van der Waals surface area contributed by atoms with E-state index in [1.807, 2.05) is 24.3 Å². The summed E-state index contributed by atoms with van der Waals surface area (Å²) in [5, 5.41) is 7.86. The molecule has 0 bridgehead atoms. The molecular weight excluding hydrogens is 372 g/mol. The molecule has 150 valence electrons. The van der Waals surface area contributed by atoms with Crippen LogP contribution in [-0.4, -0.2) is 32.0 Å². The second-order valence-electron chi connectivity index (χ2n) is 7.37. The summed E-state index contributed by atoms with van der Waals surface area (Å²) in [5.74, 6) is 0.563. The number of benzene rings is 1. The van der Waals surface area contributed by atoms with Gasteiger partial charge >= 0.3 is 0 Å². The maximum Gasteiger partial charge on any atom is 0.239 e. The summed E-state index contributed by atoms with van der Waals surface area (Å²) >= 11 is 1.77. The Bertz CT molecular complexity index is 766. The van der Waals surface area contributed by atoms with E-state index in [0.29, 0.717) is 19.4 Å². The number of nitrogens with one attached hydrogen (secondary N) is 2. The van der Waals surface area contributed by atoms with Crippen molar-refractivity contribution in [1.29, 1.82) is 0 Å². The van der Waals surface area contributed by atoms with Crippen LogP contribution in [-0.2, 0) is 21.4 Å². The number of hydrogen-bond acceptors (Lipinski definition) is 4. The number of thiophene rings is 1. The summed E-state index contributed by atoms with van der Waals surface area (Å²) < 4.78 is 5.13. The van der Waals surface area contributed by atoms with E-state index in [1.165, 1.54) is 17.7 Å². The fraction of sp³-hybridized carbons (Fsp3) is 0.455. The first-order valence-electron chi connectivity index (χ1n) is 9.82. The quantitative estimate of drug-likeness (QED) is 0.678. The lowest BCUT2D eigenvalue weighted by molar-refractivity contribution is -0.126. The molecule has 1 aromatic carbocycles.